The van der Waals surface area contributed by atoms with Crippen molar-refractivity contribution in [1.29, 1.82) is 5.26 Å². The third kappa shape index (κ3) is 3.23. The molecular formula is C18H14BrNO4. The van der Waals surface area contributed by atoms with Crippen molar-refractivity contribution in [2.45, 2.75) is 12.7 Å². The Labute approximate surface area is 147 Å². The van der Waals surface area contributed by atoms with E-state index in [0.717, 1.165) is 10.0 Å². The number of ether oxygens (including phenoxy) is 3. The SMILES string of the molecule is C=C(C#N)C(O)c1ccccc1OCc1cc2c(cc1Br)OCO2. The summed E-state index contributed by atoms with van der Waals surface area (Å²) in [5.74, 6) is 1.85. The van der Waals surface area contributed by atoms with Gasteiger partial charge in [0.2, 0.25) is 6.79 Å². The predicted octanol–water partition coefficient (Wildman–Crippen LogP) is 3.87. The number of halogens is 1. The normalized spacial score (nSPS) is 13.2. The Morgan fingerprint density at radius 1 is 1.33 bits per heavy atom. The summed E-state index contributed by atoms with van der Waals surface area (Å²) in [5.41, 5.74) is 1.44. The van der Waals surface area contributed by atoms with E-state index in [4.69, 9.17) is 19.5 Å². The highest BCUT2D eigenvalue weighted by molar-refractivity contribution is 9.10. The van der Waals surface area contributed by atoms with E-state index in [9.17, 15) is 5.11 Å². The third-order valence-electron chi connectivity index (χ3n) is 3.61. The Morgan fingerprint density at radius 2 is 2.04 bits per heavy atom. The summed E-state index contributed by atoms with van der Waals surface area (Å²) in [5, 5.41) is 19.1. The Kier molecular flexibility index (Phi) is 4.74. The van der Waals surface area contributed by atoms with Crippen LogP contribution in [0.15, 0.2) is 53.0 Å². The van der Waals surface area contributed by atoms with Crippen LogP contribution in [0.3, 0.4) is 0 Å². The van der Waals surface area contributed by atoms with E-state index in [0.29, 0.717) is 22.8 Å². The molecule has 1 N–H and O–H groups in total. The fraction of sp³-hybridized carbons (Fsp3) is 0.167. The number of fused-ring (bicyclic) bond motifs is 1. The number of benzene rings is 2. The first-order valence-corrected chi connectivity index (χ1v) is 7.96. The quantitative estimate of drug-likeness (QED) is 0.788. The molecule has 0 aliphatic carbocycles. The minimum atomic E-state index is -1.09. The van der Waals surface area contributed by atoms with Gasteiger partial charge in [-0.25, -0.2) is 0 Å². The molecule has 0 spiro atoms. The van der Waals surface area contributed by atoms with E-state index in [1.54, 1.807) is 24.3 Å². The molecule has 1 unspecified atom stereocenters. The lowest BCUT2D eigenvalue weighted by Crippen LogP contribution is -2.04. The van der Waals surface area contributed by atoms with Crippen LogP contribution in [0.5, 0.6) is 17.2 Å². The Bertz CT molecular complexity index is 828. The van der Waals surface area contributed by atoms with Gasteiger partial charge in [0.25, 0.3) is 0 Å². The molecular weight excluding hydrogens is 374 g/mol. The second kappa shape index (κ2) is 6.95. The van der Waals surface area contributed by atoms with Gasteiger partial charge in [0.05, 0.1) is 11.6 Å². The largest absolute Gasteiger partial charge is 0.488 e. The summed E-state index contributed by atoms with van der Waals surface area (Å²) >= 11 is 3.48. The Morgan fingerprint density at radius 3 is 2.79 bits per heavy atom. The second-order valence-corrected chi connectivity index (χ2v) is 6.02. The van der Waals surface area contributed by atoms with Gasteiger partial charge in [-0.1, -0.05) is 40.7 Å². The molecule has 122 valence electrons. The molecule has 0 aromatic heterocycles. The zero-order valence-corrected chi connectivity index (χ0v) is 14.2. The molecule has 0 amide bonds. The second-order valence-electron chi connectivity index (χ2n) is 5.16. The van der Waals surface area contributed by atoms with E-state index in [2.05, 4.69) is 22.5 Å². The number of nitrogens with zero attached hydrogens (tertiary/aromatic N) is 1. The standard InChI is InChI=1S/C18H14BrNO4/c1-11(8-20)18(21)13-4-2-3-5-15(13)22-9-12-6-16-17(7-14(12)19)24-10-23-16/h2-7,18,21H,1,9-10H2. The average molecular weight is 388 g/mol. The fourth-order valence-corrected chi connectivity index (χ4v) is 2.75. The molecule has 0 bridgehead atoms. The maximum atomic E-state index is 10.2. The fourth-order valence-electron chi connectivity index (χ4n) is 2.31. The van der Waals surface area contributed by atoms with Crippen LogP contribution >= 0.6 is 15.9 Å². The van der Waals surface area contributed by atoms with Crippen LogP contribution in [-0.4, -0.2) is 11.9 Å². The zero-order chi connectivity index (χ0) is 17.1. The average Bonchev–Trinajstić information content (AvgIpc) is 3.05. The van der Waals surface area contributed by atoms with E-state index >= 15 is 0 Å². The first-order chi connectivity index (χ1) is 11.6. The van der Waals surface area contributed by atoms with Crippen molar-refractivity contribution in [2.75, 3.05) is 6.79 Å². The smallest absolute Gasteiger partial charge is 0.231 e. The van der Waals surface area contributed by atoms with E-state index < -0.39 is 6.10 Å². The van der Waals surface area contributed by atoms with E-state index in [1.165, 1.54) is 0 Å². The molecule has 1 atom stereocenters. The Hall–Kier alpha value is -2.49. The molecule has 6 heteroatoms. The van der Waals surface area contributed by atoms with Crippen LogP contribution in [0.25, 0.3) is 0 Å². The highest BCUT2D eigenvalue weighted by atomic mass is 79.9. The van der Waals surface area contributed by atoms with Crippen LogP contribution in [0.4, 0.5) is 0 Å². The highest BCUT2D eigenvalue weighted by Gasteiger charge is 2.19. The molecule has 1 aliphatic rings. The zero-order valence-electron chi connectivity index (χ0n) is 12.7. The molecule has 1 aliphatic heterocycles. The van der Waals surface area contributed by atoms with Gasteiger partial charge in [-0.05, 0) is 18.2 Å². The molecule has 0 saturated heterocycles. The van der Waals surface area contributed by atoms with Crippen molar-refractivity contribution < 1.29 is 19.3 Å². The minimum Gasteiger partial charge on any atom is -0.488 e. The van der Waals surface area contributed by atoms with Crippen molar-refractivity contribution in [3.8, 4) is 23.3 Å². The number of rotatable bonds is 5. The van der Waals surface area contributed by atoms with Crippen molar-refractivity contribution in [3.63, 3.8) is 0 Å². The van der Waals surface area contributed by atoms with Crippen LogP contribution in [0.2, 0.25) is 0 Å². The highest BCUT2D eigenvalue weighted by Crippen LogP contribution is 2.37. The lowest BCUT2D eigenvalue weighted by Gasteiger charge is -2.16. The molecule has 3 rings (SSSR count). The number of hydrogen-bond donors (Lipinski definition) is 1. The topological polar surface area (TPSA) is 71.7 Å². The van der Waals surface area contributed by atoms with Crippen molar-refractivity contribution in [1.82, 2.24) is 0 Å². The number of nitriles is 1. The van der Waals surface area contributed by atoms with Crippen LogP contribution in [0.1, 0.15) is 17.2 Å². The summed E-state index contributed by atoms with van der Waals surface area (Å²) in [7, 11) is 0. The van der Waals surface area contributed by atoms with Gasteiger partial charge in [-0.3, -0.25) is 0 Å². The molecule has 2 aromatic rings. The van der Waals surface area contributed by atoms with Crippen molar-refractivity contribution in [2.24, 2.45) is 0 Å². The van der Waals surface area contributed by atoms with Crippen LogP contribution in [0, 0.1) is 11.3 Å². The summed E-state index contributed by atoms with van der Waals surface area (Å²) in [4.78, 5) is 0. The van der Waals surface area contributed by atoms with Gasteiger partial charge in [0.1, 0.15) is 18.5 Å². The number of para-hydroxylation sites is 1. The molecule has 5 nitrogen and oxygen atoms in total. The molecule has 0 radical (unpaired) electrons. The molecule has 2 aromatic carbocycles. The number of aliphatic hydroxyl groups is 1. The summed E-state index contributed by atoms with van der Waals surface area (Å²) in [6.45, 7) is 4.03. The lowest BCUT2D eigenvalue weighted by molar-refractivity contribution is 0.174. The van der Waals surface area contributed by atoms with Crippen molar-refractivity contribution in [3.05, 3.63) is 64.1 Å². The predicted molar refractivity (Wildman–Crippen MR) is 90.8 cm³/mol. The minimum absolute atomic E-state index is 0.0651. The monoisotopic (exact) mass is 387 g/mol. The first-order valence-electron chi connectivity index (χ1n) is 7.17. The third-order valence-corrected chi connectivity index (χ3v) is 4.35. The van der Waals surface area contributed by atoms with Gasteiger partial charge < -0.3 is 19.3 Å². The molecule has 1 heterocycles. The lowest BCUT2D eigenvalue weighted by atomic mass is 10.0. The van der Waals surface area contributed by atoms with Crippen LogP contribution < -0.4 is 14.2 Å². The van der Waals surface area contributed by atoms with Crippen LogP contribution in [-0.2, 0) is 6.61 Å². The number of aliphatic hydroxyl groups excluding tert-OH is 1. The molecule has 0 fully saturated rings. The van der Waals surface area contributed by atoms with Crippen molar-refractivity contribution >= 4 is 15.9 Å². The van der Waals surface area contributed by atoms with E-state index in [1.807, 2.05) is 18.2 Å². The van der Waals surface area contributed by atoms with Gasteiger partial charge in [0.15, 0.2) is 11.5 Å². The van der Waals surface area contributed by atoms with Gasteiger partial charge in [0, 0.05) is 15.6 Å². The van der Waals surface area contributed by atoms with Gasteiger partial charge in [-0.2, -0.15) is 5.26 Å². The number of hydrogen-bond acceptors (Lipinski definition) is 5. The summed E-state index contributed by atoms with van der Waals surface area (Å²) in [6.07, 6.45) is -1.09. The maximum absolute atomic E-state index is 10.2. The Balaban J connectivity index is 1.81. The maximum Gasteiger partial charge on any atom is 0.231 e. The van der Waals surface area contributed by atoms with E-state index in [-0.39, 0.29) is 19.0 Å². The molecule has 0 saturated carbocycles. The van der Waals surface area contributed by atoms with Gasteiger partial charge in [-0.15, -0.1) is 0 Å². The molecule has 24 heavy (non-hydrogen) atoms. The van der Waals surface area contributed by atoms with Gasteiger partial charge >= 0.3 is 0 Å². The first kappa shape index (κ1) is 16.4. The summed E-state index contributed by atoms with van der Waals surface area (Å²) < 4.78 is 17.4. The summed E-state index contributed by atoms with van der Waals surface area (Å²) in [6, 6.07) is 12.6.